The zero-order chi connectivity index (χ0) is 11.4. The summed E-state index contributed by atoms with van der Waals surface area (Å²) in [5.74, 6) is 0. The van der Waals surface area contributed by atoms with Gasteiger partial charge in [0, 0.05) is 0 Å². The zero-order valence-corrected chi connectivity index (χ0v) is 8.79. The third-order valence-corrected chi connectivity index (χ3v) is 1.53. The molecule has 0 saturated carbocycles. The van der Waals surface area contributed by atoms with Crippen LogP contribution in [0.3, 0.4) is 0 Å². The molecule has 74 valence electrons. The Hall–Kier alpha value is -1.81. The summed E-state index contributed by atoms with van der Waals surface area (Å²) < 4.78 is 0. The van der Waals surface area contributed by atoms with Crippen LogP contribution in [0.4, 0.5) is 0 Å². The van der Waals surface area contributed by atoms with Crippen LogP contribution in [-0.2, 0) is 6.42 Å². The molecule has 1 aromatic rings. The third-order valence-electron chi connectivity index (χ3n) is 1.53. The second kappa shape index (κ2) is 11.2. The minimum absolute atomic E-state index is 0.521. The summed E-state index contributed by atoms with van der Waals surface area (Å²) in [5.41, 5.74) is 2.33. The average Bonchev–Trinajstić information content (AvgIpc) is 2.28. The molecule has 0 bridgehead atoms. The van der Waals surface area contributed by atoms with Gasteiger partial charge in [-0.05, 0) is 18.1 Å². The summed E-state index contributed by atoms with van der Waals surface area (Å²) in [5, 5.41) is 8.39. The fraction of sp³-hybridized carbons (Fsp3) is 0.154. The van der Waals surface area contributed by atoms with Crippen LogP contribution in [-0.4, -0.2) is 0 Å². The minimum Gasteiger partial charge on any atom is -0.198 e. The van der Waals surface area contributed by atoms with Crippen molar-refractivity contribution in [2.75, 3.05) is 0 Å². The summed E-state index contributed by atoms with van der Waals surface area (Å²) in [6, 6.07) is 10.1. The molecule has 14 heavy (non-hydrogen) atoms. The maximum absolute atomic E-state index is 8.39. The number of nitriles is 1. The molecule has 1 nitrogen and oxygen atoms in total. The molecule has 0 N–H and O–H groups in total. The molecule has 0 aromatic heterocycles. The zero-order valence-electron chi connectivity index (χ0n) is 8.79. The highest BCUT2D eigenvalue weighted by molar-refractivity contribution is 5.27. The van der Waals surface area contributed by atoms with Crippen molar-refractivity contribution in [1.29, 1.82) is 5.26 Å². The lowest BCUT2D eigenvalue weighted by Crippen LogP contribution is -1.84. The van der Waals surface area contributed by atoms with Gasteiger partial charge in [-0.15, -0.1) is 26.3 Å². The summed E-state index contributed by atoms with van der Waals surface area (Å²) in [6.45, 7) is 14.0. The monoisotopic (exact) mass is 187 g/mol. The van der Waals surface area contributed by atoms with Gasteiger partial charge in [0.05, 0.1) is 12.5 Å². The first-order valence-corrected chi connectivity index (χ1v) is 4.26. The Kier molecular flexibility index (Phi) is 11.7. The van der Waals surface area contributed by atoms with Gasteiger partial charge < -0.3 is 0 Å². The molecule has 0 spiro atoms. The van der Waals surface area contributed by atoms with Crippen LogP contribution in [0.2, 0.25) is 0 Å². The van der Waals surface area contributed by atoms with E-state index in [9.17, 15) is 0 Å². The van der Waals surface area contributed by atoms with E-state index < -0.39 is 0 Å². The van der Waals surface area contributed by atoms with Gasteiger partial charge in [0.1, 0.15) is 0 Å². The molecular formula is C13H17N. The third kappa shape index (κ3) is 5.79. The van der Waals surface area contributed by atoms with E-state index >= 15 is 0 Å². The molecule has 0 aliphatic carbocycles. The Balaban J connectivity index is 0. The first-order valence-electron chi connectivity index (χ1n) is 4.26. The first kappa shape index (κ1) is 14.7. The molecule has 0 heterocycles. The van der Waals surface area contributed by atoms with Crippen molar-refractivity contribution in [2.24, 2.45) is 0 Å². The van der Waals surface area contributed by atoms with Crippen molar-refractivity contribution in [3.63, 3.8) is 0 Å². The van der Waals surface area contributed by atoms with Crippen LogP contribution in [0, 0.1) is 18.3 Å². The molecule has 1 aromatic carbocycles. The fourth-order valence-electron chi connectivity index (χ4n) is 0.894. The highest BCUT2D eigenvalue weighted by Crippen LogP contribution is 2.06. The number of benzene rings is 1. The van der Waals surface area contributed by atoms with E-state index in [2.05, 4.69) is 32.4 Å². The quantitative estimate of drug-likeness (QED) is 0.615. The Bertz CT molecular complexity index is 282. The van der Waals surface area contributed by atoms with Gasteiger partial charge in [-0.1, -0.05) is 24.3 Å². The van der Waals surface area contributed by atoms with E-state index in [1.807, 2.05) is 31.2 Å². The Labute approximate surface area is 87.0 Å². The van der Waals surface area contributed by atoms with Gasteiger partial charge in [-0.3, -0.25) is 0 Å². The van der Waals surface area contributed by atoms with Crippen LogP contribution in [0.15, 0.2) is 50.6 Å². The molecule has 1 rings (SSSR count). The van der Waals surface area contributed by atoms with Gasteiger partial charge in [-0.25, -0.2) is 0 Å². The largest absolute Gasteiger partial charge is 0.198 e. The first-order chi connectivity index (χ1) is 6.84. The van der Waals surface area contributed by atoms with E-state index in [0.29, 0.717) is 6.42 Å². The summed E-state index contributed by atoms with van der Waals surface area (Å²) in [7, 11) is 0. The van der Waals surface area contributed by atoms with Crippen LogP contribution in [0.5, 0.6) is 0 Å². The second-order valence-corrected chi connectivity index (χ2v) is 2.26. The predicted molar refractivity (Wildman–Crippen MR) is 63.0 cm³/mol. The molecule has 0 amide bonds. The smallest absolute Gasteiger partial charge is 0.0669 e. The normalized spacial score (nSPS) is 6.86. The van der Waals surface area contributed by atoms with Crippen LogP contribution in [0.25, 0.3) is 0 Å². The van der Waals surface area contributed by atoms with Gasteiger partial charge in [0.25, 0.3) is 0 Å². The van der Waals surface area contributed by atoms with E-state index in [-0.39, 0.29) is 0 Å². The maximum Gasteiger partial charge on any atom is 0.0669 e. The van der Waals surface area contributed by atoms with Crippen LogP contribution >= 0.6 is 0 Å². The summed E-state index contributed by atoms with van der Waals surface area (Å²) in [6.07, 6.45) is 0.521. The highest BCUT2D eigenvalue weighted by atomic mass is 14.2. The van der Waals surface area contributed by atoms with Crippen molar-refractivity contribution in [2.45, 2.75) is 13.3 Å². The number of hydrogen-bond acceptors (Lipinski definition) is 1. The molecule has 0 atom stereocenters. The highest BCUT2D eigenvalue weighted by Gasteiger charge is 1.92. The molecule has 0 aliphatic heterocycles. The number of hydrogen-bond donors (Lipinski definition) is 0. The maximum atomic E-state index is 8.39. The van der Waals surface area contributed by atoms with Crippen molar-refractivity contribution in [3.05, 3.63) is 61.7 Å². The van der Waals surface area contributed by atoms with Crippen molar-refractivity contribution in [3.8, 4) is 6.07 Å². The molecule has 0 fully saturated rings. The Morgan fingerprint density at radius 1 is 1.14 bits per heavy atom. The molecule has 0 aliphatic rings. The lowest BCUT2D eigenvalue weighted by atomic mass is 10.1. The minimum atomic E-state index is 0.521. The average molecular weight is 187 g/mol. The summed E-state index contributed by atoms with van der Waals surface area (Å²) >= 11 is 0. The van der Waals surface area contributed by atoms with Gasteiger partial charge in [0.15, 0.2) is 0 Å². The lowest BCUT2D eigenvalue weighted by Gasteiger charge is -1.97. The number of nitrogens with zero attached hydrogens (tertiary/aromatic N) is 1. The number of aryl methyl sites for hydroxylation is 1. The second-order valence-electron chi connectivity index (χ2n) is 2.26. The molecule has 0 unspecified atom stereocenters. The van der Waals surface area contributed by atoms with Crippen LogP contribution < -0.4 is 0 Å². The number of rotatable bonds is 1. The van der Waals surface area contributed by atoms with E-state index in [1.54, 1.807) is 0 Å². The molecule has 1 heteroatoms. The van der Waals surface area contributed by atoms with Crippen molar-refractivity contribution in [1.82, 2.24) is 0 Å². The lowest BCUT2D eigenvalue weighted by molar-refractivity contribution is 1.21. The van der Waals surface area contributed by atoms with E-state index in [4.69, 9.17) is 5.26 Å². The topological polar surface area (TPSA) is 23.8 Å². The van der Waals surface area contributed by atoms with E-state index in [0.717, 1.165) is 5.56 Å². The SMILES string of the molecule is C=C.C=C.Cc1ccccc1CC#N. The van der Waals surface area contributed by atoms with Crippen LogP contribution in [0.1, 0.15) is 11.1 Å². The van der Waals surface area contributed by atoms with E-state index in [1.165, 1.54) is 5.56 Å². The standard InChI is InChI=1S/C9H9N.2C2H4/c1-8-4-2-3-5-9(8)6-7-10;2*1-2/h2-5H,6H2,1H3;2*1-2H2. The molecular weight excluding hydrogens is 170 g/mol. The summed E-state index contributed by atoms with van der Waals surface area (Å²) in [4.78, 5) is 0. The molecule has 0 saturated heterocycles. The van der Waals surface area contributed by atoms with Gasteiger partial charge in [0.2, 0.25) is 0 Å². The Morgan fingerprint density at radius 3 is 2.07 bits per heavy atom. The fourth-order valence-corrected chi connectivity index (χ4v) is 0.894. The van der Waals surface area contributed by atoms with Gasteiger partial charge >= 0.3 is 0 Å². The molecule has 0 radical (unpaired) electrons. The van der Waals surface area contributed by atoms with Gasteiger partial charge in [-0.2, -0.15) is 5.26 Å². The van der Waals surface area contributed by atoms with Crippen molar-refractivity contribution >= 4 is 0 Å². The Morgan fingerprint density at radius 2 is 1.64 bits per heavy atom. The van der Waals surface area contributed by atoms with Crippen molar-refractivity contribution < 1.29 is 0 Å². The predicted octanol–water partition coefficient (Wildman–Crippen LogP) is 3.67.